The number of hydrogen-bond donors (Lipinski definition) is 2. The van der Waals surface area contributed by atoms with Crippen molar-refractivity contribution < 1.29 is 9.50 Å². The van der Waals surface area contributed by atoms with Crippen LogP contribution in [-0.4, -0.2) is 30.0 Å². The lowest BCUT2D eigenvalue weighted by Crippen LogP contribution is -2.56. The SMILES string of the molecule is CC1(C)CNCCC1(O)CC1=CCC(F)C=C1. The standard InChI is InChI=1S/C14H22FNO/c1-13(2)10-16-8-7-14(13,17)9-11-3-5-12(15)6-4-11/h3-5,12,16-17H,6-10H2,1-2H3. The van der Waals surface area contributed by atoms with E-state index in [1.807, 2.05) is 12.2 Å². The molecule has 1 aliphatic heterocycles. The second-order valence-electron chi connectivity index (χ2n) is 5.91. The van der Waals surface area contributed by atoms with Crippen LogP contribution in [0.3, 0.4) is 0 Å². The summed E-state index contributed by atoms with van der Waals surface area (Å²) in [4.78, 5) is 0. The molecule has 0 aromatic rings. The first-order valence-electron chi connectivity index (χ1n) is 6.37. The number of nitrogens with one attached hydrogen (secondary N) is 1. The van der Waals surface area contributed by atoms with E-state index < -0.39 is 11.8 Å². The van der Waals surface area contributed by atoms with Gasteiger partial charge in [-0.2, -0.15) is 0 Å². The highest BCUT2D eigenvalue weighted by Crippen LogP contribution is 2.40. The third kappa shape index (κ3) is 2.61. The van der Waals surface area contributed by atoms with Crippen molar-refractivity contribution in [2.75, 3.05) is 13.1 Å². The number of alkyl halides is 1. The zero-order valence-corrected chi connectivity index (χ0v) is 10.7. The van der Waals surface area contributed by atoms with Crippen LogP contribution >= 0.6 is 0 Å². The maximum Gasteiger partial charge on any atom is 0.122 e. The van der Waals surface area contributed by atoms with E-state index in [2.05, 4.69) is 19.2 Å². The van der Waals surface area contributed by atoms with Crippen LogP contribution in [0.15, 0.2) is 23.8 Å². The van der Waals surface area contributed by atoms with E-state index in [4.69, 9.17) is 0 Å². The minimum absolute atomic E-state index is 0.146. The van der Waals surface area contributed by atoms with E-state index >= 15 is 0 Å². The van der Waals surface area contributed by atoms with E-state index in [9.17, 15) is 9.50 Å². The summed E-state index contributed by atoms with van der Waals surface area (Å²) in [6.07, 6.45) is 6.31. The van der Waals surface area contributed by atoms with E-state index in [0.29, 0.717) is 12.8 Å². The maximum absolute atomic E-state index is 13.0. The van der Waals surface area contributed by atoms with Crippen molar-refractivity contribution >= 4 is 0 Å². The van der Waals surface area contributed by atoms with Crippen LogP contribution in [0.5, 0.6) is 0 Å². The molecule has 1 saturated heterocycles. The summed E-state index contributed by atoms with van der Waals surface area (Å²) in [6, 6.07) is 0. The lowest BCUT2D eigenvalue weighted by atomic mass is 9.67. The number of aliphatic hydroxyl groups is 1. The Kier molecular flexibility index (Phi) is 3.41. The van der Waals surface area contributed by atoms with Crippen LogP contribution < -0.4 is 5.32 Å². The number of halogens is 1. The largest absolute Gasteiger partial charge is 0.389 e. The average Bonchev–Trinajstić information content (AvgIpc) is 2.26. The van der Waals surface area contributed by atoms with Gasteiger partial charge in [0.2, 0.25) is 0 Å². The fraction of sp³-hybridized carbons (Fsp3) is 0.714. The third-order valence-corrected chi connectivity index (χ3v) is 4.16. The molecule has 2 rings (SSSR count). The van der Waals surface area contributed by atoms with E-state index in [-0.39, 0.29) is 5.41 Å². The molecule has 2 atom stereocenters. The molecule has 96 valence electrons. The van der Waals surface area contributed by atoms with Gasteiger partial charge in [0.1, 0.15) is 6.17 Å². The predicted octanol–water partition coefficient (Wildman–Crippen LogP) is 2.35. The summed E-state index contributed by atoms with van der Waals surface area (Å²) in [5, 5.41) is 14.1. The molecule has 1 aliphatic carbocycles. The molecule has 0 aromatic carbocycles. The van der Waals surface area contributed by atoms with Crippen molar-refractivity contribution in [3.8, 4) is 0 Å². The minimum Gasteiger partial charge on any atom is -0.389 e. The van der Waals surface area contributed by atoms with Crippen molar-refractivity contribution in [3.05, 3.63) is 23.8 Å². The van der Waals surface area contributed by atoms with Crippen LogP contribution in [0.4, 0.5) is 4.39 Å². The molecule has 2 aliphatic rings. The molecule has 0 aromatic heterocycles. The van der Waals surface area contributed by atoms with E-state index in [1.165, 1.54) is 0 Å². The van der Waals surface area contributed by atoms with Gasteiger partial charge in [-0.15, -0.1) is 0 Å². The summed E-state index contributed by atoms with van der Waals surface area (Å²) in [5.74, 6) is 0. The van der Waals surface area contributed by atoms with Gasteiger partial charge in [0.05, 0.1) is 5.60 Å². The summed E-state index contributed by atoms with van der Waals surface area (Å²) in [7, 11) is 0. The van der Waals surface area contributed by atoms with Gasteiger partial charge < -0.3 is 10.4 Å². The molecule has 0 spiro atoms. The summed E-state index contributed by atoms with van der Waals surface area (Å²) >= 11 is 0. The van der Waals surface area contributed by atoms with Gasteiger partial charge >= 0.3 is 0 Å². The fourth-order valence-electron chi connectivity index (χ4n) is 2.63. The van der Waals surface area contributed by atoms with Crippen molar-refractivity contribution in [1.29, 1.82) is 0 Å². The second kappa shape index (κ2) is 4.54. The number of hydrogen-bond acceptors (Lipinski definition) is 2. The van der Waals surface area contributed by atoms with Crippen LogP contribution in [0.1, 0.15) is 33.1 Å². The van der Waals surface area contributed by atoms with Gasteiger partial charge in [0.15, 0.2) is 0 Å². The topological polar surface area (TPSA) is 32.3 Å². The molecule has 0 amide bonds. The molecule has 3 heteroatoms. The van der Waals surface area contributed by atoms with E-state index in [0.717, 1.165) is 25.1 Å². The Morgan fingerprint density at radius 3 is 2.88 bits per heavy atom. The molecule has 2 unspecified atom stereocenters. The summed E-state index contributed by atoms with van der Waals surface area (Å²) < 4.78 is 13.0. The Balaban J connectivity index is 2.09. The Hall–Kier alpha value is -0.670. The highest BCUT2D eigenvalue weighted by molar-refractivity contribution is 5.27. The minimum atomic E-state index is -0.852. The fourth-order valence-corrected chi connectivity index (χ4v) is 2.63. The van der Waals surface area contributed by atoms with Crippen molar-refractivity contribution in [2.45, 2.75) is 44.9 Å². The summed E-state index contributed by atoms with van der Waals surface area (Å²) in [5.41, 5.74) is 0.237. The Bertz CT molecular complexity index is 348. The molecule has 17 heavy (non-hydrogen) atoms. The molecule has 1 heterocycles. The molecular weight excluding hydrogens is 217 g/mol. The maximum atomic E-state index is 13.0. The monoisotopic (exact) mass is 239 g/mol. The van der Waals surface area contributed by atoms with Crippen LogP contribution in [0.25, 0.3) is 0 Å². The van der Waals surface area contributed by atoms with Crippen LogP contribution in [0, 0.1) is 5.41 Å². The van der Waals surface area contributed by atoms with Gasteiger partial charge in [0.25, 0.3) is 0 Å². The second-order valence-corrected chi connectivity index (χ2v) is 5.91. The van der Waals surface area contributed by atoms with E-state index in [1.54, 1.807) is 6.08 Å². The molecule has 0 bridgehead atoms. The zero-order valence-electron chi connectivity index (χ0n) is 10.7. The van der Waals surface area contributed by atoms with Crippen molar-refractivity contribution in [2.24, 2.45) is 5.41 Å². The number of rotatable bonds is 2. The highest BCUT2D eigenvalue weighted by atomic mass is 19.1. The predicted molar refractivity (Wildman–Crippen MR) is 67.6 cm³/mol. The normalized spacial score (nSPS) is 36.7. The van der Waals surface area contributed by atoms with Gasteiger partial charge in [-0.05, 0) is 18.5 Å². The molecule has 2 nitrogen and oxygen atoms in total. The Morgan fingerprint density at radius 2 is 2.29 bits per heavy atom. The number of piperidine rings is 1. The highest BCUT2D eigenvalue weighted by Gasteiger charge is 2.45. The quantitative estimate of drug-likeness (QED) is 0.775. The van der Waals surface area contributed by atoms with Crippen molar-refractivity contribution in [1.82, 2.24) is 5.32 Å². The summed E-state index contributed by atoms with van der Waals surface area (Å²) in [6.45, 7) is 5.85. The first-order valence-corrected chi connectivity index (χ1v) is 6.37. The van der Waals surface area contributed by atoms with Crippen LogP contribution in [-0.2, 0) is 0 Å². The van der Waals surface area contributed by atoms with Gasteiger partial charge in [-0.3, -0.25) is 0 Å². The molecule has 2 N–H and O–H groups in total. The first kappa shape index (κ1) is 12.8. The van der Waals surface area contributed by atoms with Crippen LogP contribution in [0.2, 0.25) is 0 Å². The van der Waals surface area contributed by atoms with Crippen molar-refractivity contribution in [3.63, 3.8) is 0 Å². The lowest BCUT2D eigenvalue weighted by molar-refractivity contribution is -0.0864. The average molecular weight is 239 g/mol. The van der Waals surface area contributed by atoms with Gasteiger partial charge in [0, 0.05) is 24.8 Å². The number of allylic oxidation sites excluding steroid dienone is 3. The molecular formula is C14H22FNO. The zero-order chi connectivity index (χ0) is 12.5. The lowest BCUT2D eigenvalue weighted by Gasteiger charge is -2.47. The Morgan fingerprint density at radius 1 is 1.53 bits per heavy atom. The Labute approximate surface area is 103 Å². The third-order valence-electron chi connectivity index (χ3n) is 4.16. The first-order chi connectivity index (χ1) is 7.93. The smallest absolute Gasteiger partial charge is 0.122 e. The van der Waals surface area contributed by atoms with Gasteiger partial charge in [-0.25, -0.2) is 4.39 Å². The van der Waals surface area contributed by atoms with Gasteiger partial charge in [-0.1, -0.05) is 32.1 Å². The molecule has 1 fully saturated rings. The molecule has 0 radical (unpaired) electrons. The molecule has 0 saturated carbocycles.